The number of aromatic nitrogens is 2. The Hall–Kier alpha value is -1.76. The van der Waals surface area contributed by atoms with Gasteiger partial charge in [0.05, 0.1) is 5.69 Å². The molecule has 0 aromatic carbocycles. The molecule has 3 atom stereocenters. The van der Waals surface area contributed by atoms with Crippen LogP contribution in [-0.4, -0.2) is 9.97 Å². The fourth-order valence-corrected chi connectivity index (χ4v) is 2.82. The van der Waals surface area contributed by atoms with Crippen molar-refractivity contribution >= 4 is 0 Å². The molecule has 2 aliphatic carbocycles. The number of nitrogens with zero attached hydrogens (tertiary/aromatic N) is 3. The third-order valence-corrected chi connectivity index (χ3v) is 3.55. The molecular weight excluding hydrogens is 205 g/mol. The van der Waals surface area contributed by atoms with E-state index in [4.69, 9.17) is 5.26 Å². The topological polar surface area (TPSA) is 49.6 Å². The smallest absolute Gasteiger partial charge is 0.181 e. The Morgan fingerprint density at radius 1 is 1.31 bits per heavy atom. The minimum absolute atomic E-state index is 0.130. The van der Waals surface area contributed by atoms with Crippen LogP contribution in [0.4, 0.5) is 4.39 Å². The van der Waals surface area contributed by atoms with E-state index in [9.17, 15) is 4.39 Å². The first-order valence-corrected chi connectivity index (χ1v) is 5.38. The maximum Gasteiger partial charge on any atom is 0.181 e. The monoisotopic (exact) mass is 215 g/mol. The van der Waals surface area contributed by atoms with Gasteiger partial charge < -0.3 is 0 Å². The molecule has 4 heteroatoms. The van der Waals surface area contributed by atoms with Crippen molar-refractivity contribution in [1.29, 1.82) is 5.26 Å². The molecule has 0 aliphatic heterocycles. The first-order valence-electron chi connectivity index (χ1n) is 5.38. The van der Waals surface area contributed by atoms with Crippen LogP contribution in [0.2, 0.25) is 0 Å². The summed E-state index contributed by atoms with van der Waals surface area (Å²) in [5.74, 6) is 0.553. The SMILES string of the molecule is N#Cc1ncnc(C2CC3C=CC2C3)c1F. The van der Waals surface area contributed by atoms with Gasteiger partial charge in [0, 0.05) is 5.92 Å². The first kappa shape index (κ1) is 9.46. The van der Waals surface area contributed by atoms with Crippen molar-refractivity contribution in [3.05, 3.63) is 35.7 Å². The van der Waals surface area contributed by atoms with Crippen molar-refractivity contribution in [3.63, 3.8) is 0 Å². The minimum atomic E-state index is -0.532. The molecule has 0 amide bonds. The Labute approximate surface area is 92.6 Å². The lowest BCUT2D eigenvalue weighted by atomic mass is 9.90. The van der Waals surface area contributed by atoms with Gasteiger partial charge in [0.2, 0.25) is 0 Å². The standard InChI is InChI=1S/C12H10FN3/c13-11-10(5-14)15-6-16-12(11)9-4-7-1-2-8(9)3-7/h1-2,6-9H,3-4H2. The molecule has 1 aromatic rings. The predicted molar refractivity (Wildman–Crippen MR) is 54.8 cm³/mol. The van der Waals surface area contributed by atoms with Gasteiger partial charge >= 0.3 is 0 Å². The van der Waals surface area contributed by atoms with Crippen molar-refractivity contribution in [3.8, 4) is 6.07 Å². The molecule has 0 N–H and O–H groups in total. The lowest BCUT2D eigenvalue weighted by molar-refractivity contribution is 0.507. The van der Waals surface area contributed by atoms with Crippen LogP contribution < -0.4 is 0 Å². The van der Waals surface area contributed by atoms with Crippen LogP contribution in [0.25, 0.3) is 0 Å². The van der Waals surface area contributed by atoms with Crippen molar-refractivity contribution in [2.45, 2.75) is 18.8 Å². The molecule has 1 saturated carbocycles. The average molecular weight is 215 g/mol. The molecule has 16 heavy (non-hydrogen) atoms. The molecule has 1 fully saturated rings. The summed E-state index contributed by atoms with van der Waals surface area (Å²) in [6.45, 7) is 0. The van der Waals surface area contributed by atoms with E-state index in [-0.39, 0.29) is 11.6 Å². The lowest BCUT2D eigenvalue weighted by Crippen LogP contribution is -2.11. The van der Waals surface area contributed by atoms with Gasteiger partial charge in [0.15, 0.2) is 11.5 Å². The molecule has 0 spiro atoms. The number of rotatable bonds is 1. The van der Waals surface area contributed by atoms with Crippen LogP contribution in [0.15, 0.2) is 18.5 Å². The number of hydrogen-bond donors (Lipinski definition) is 0. The molecule has 2 bridgehead atoms. The Balaban J connectivity index is 2.02. The number of hydrogen-bond acceptors (Lipinski definition) is 3. The van der Waals surface area contributed by atoms with Crippen molar-refractivity contribution in [1.82, 2.24) is 9.97 Å². The van der Waals surface area contributed by atoms with Crippen LogP contribution in [0.5, 0.6) is 0 Å². The molecule has 2 aliphatic rings. The third kappa shape index (κ3) is 1.25. The van der Waals surface area contributed by atoms with Crippen molar-refractivity contribution < 1.29 is 4.39 Å². The highest BCUT2D eigenvalue weighted by Gasteiger charge is 2.39. The lowest BCUT2D eigenvalue weighted by Gasteiger charge is -2.17. The quantitative estimate of drug-likeness (QED) is 0.674. The minimum Gasteiger partial charge on any atom is -0.238 e. The number of allylic oxidation sites excluding steroid dienone is 2. The van der Waals surface area contributed by atoms with Crippen LogP contribution in [-0.2, 0) is 0 Å². The second-order valence-electron chi connectivity index (χ2n) is 4.42. The summed E-state index contributed by atoms with van der Waals surface area (Å²) in [7, 11) is 0. The molecule has 3 unspecified atom stereocenters. The number of nitriles is 1. The number of fused-ring (bicyclic) bond motifs is 2. The van der Waals surface area contributed by atoms with E-state index >= 15 is 0 Å². The summed E-state index contributed by atoms with van der Waals surface area (Å²) in [6, 6.07) is 1.76. The van der Waals surface area contributed by atoms with E-state index in [1.54, 1.807) is 6.07 Å². The molecule has 3 nitrogen and oxygen atoms in total. The van der Waals surface area contributed by atoms with Gasteiger partial charge in [0.1, 0.15) is 12.4 Å². The van der Waals surface area contributed by atoms with Gasteiger partial charge in [-0.1, -0.05) is 12.2 Å². The van der Waals surface area contributed by atoms with E-state index in [2.05, 4.69) is 22.1 Å². The summed E-state index contributed by atoms with van der Waals surface area (Å²) < 4.78 is 13.9. The zero-order valence-corrected chi connectivity index (χ0v) is 8.60. The van der Waals surface area contributed by atoms with Crippen LogP contribution in [0.3, 0.4) is 0 Å². The van der Waals surface area contributed by atoms with E-state index < -0.39 is 5.82 Å². The van der Waals surface area contributed by atoms with Gasteiger partial charge in [0.25, 0.3) is 0 Å². The Kier molecular flexibility index (Phi) is 2.00. The van der Waals surface area contributed by atoms with Gasteiger partial charge in [-0.25, -0.2) is 14.4 Å². The summed E-state index contributed by atoms with van der Waals surface area (Å²) in [5, 5.41) is 8.72. The third-order valence-electron chi connectivity index (χ3n) is 3.55. The number of halogens is 1. The fourth-order valence-electron chi connectivity index (χ4n) is 2.82. The van der Waals surface area contributed by atoms with Crippen molar-refractivity contribution in [2.24, 2.45) is 11.8 Å². The van der Waals surface area contributed by atoms with Gasteiger partial charge in [-0.2, -0.15) is 5.26 Å². The highest BCUT2D eigenvalue weighted by molar-refractivity contribution is 5.29. The first-order chi connectivity index (χ1) is 7.79. The predicted octanol–water partition coefficient (Wildman–Crippen LogP) is 2.17. The van der Waals surface area contributed by atoms with E-state index in [0.29, 0.717) is 17.5 Å². The van der Waals surface area contributed by atoms with Gasteiger partial charge in [-0.15, -0.1) is 0 Å². The molecule has 80 valence electrons. The molecule has 3 rings (SSSR count). The Bertz CT molecular complexity index is 503. The average Bonchev–Trinajstić information content (AvgIpc) is 2.91. The molecular formula is C12H10FN3. The maximum absolute atomic E-state index is 13.9. The van der Waals surface area contributed by atoms with E-state index in [1.165, 1.54) is 6.33 Å². The zero-order valence-electron chi connectivity index (χ0n) is 8.60. The van der Waals surface area contributed by atoms with Crippen molar-refractivity contribution in [2.75, 3.05) is 0 Å². The van der Waals surface area contributed by atoms with E-state index in [1.807, 2.05) is 0 Å². The highest BCUT2D eigenvalue weighted by atomic mass is 19.1. The maximum atomic E-state index is 13.9. The Morgan fingerprint density at radius 2 is 2.19 bits per heavy atom. The van der Waals surface area contributed by atoms with Gasteiger partial charge in [-0.05, 0) is 24.7 Å². The van der Waals surface area contributed by atoms with Crippen LogP contribution in [0.1, 0.15) is 30.1 Å². The van der Waals surface area contributed by atoms with Crippen LogP contribution in [0, 0.1) is 29.0 Å². The molecule has 1 heterocycles. The summed E-state index contributed by atoms with van der Waals surface area (Å²) >= 11 is 0. The highest BCUT2D eigenvalue weighted by Crippen LogP contribution is 2.48. The Morgan fingerprint density at radius 3 is 2.81 bits per heavy atom. The van der Waals surface area contributed by atoms with Gasteiger partial charge in [-0.3, -0.25) is 0 Å². The second-order valence-corrected chi connectivity index (χ2v) is 4.42. The summed E-state index contributed by atoms with van der Waals surface area (Å²) in [5.41, 5.74) is 0.278. The second kappa shape index (κ2) is 3.38. The molecule has 1 aromatic heterocycles. The molecule has 0 saturated heterocycles. The fraction of sp³-hybridized carbons (Fsp3) is 0.417. The van der Waals surface area contributed by atoms with E-state index in [0.717, 1.165) is 12.8 Å². The summed E-state index contributed by atoms with van der Waals surface area (Å²) in [4.78, 5) is 7.64. The summed E-state index contributed by atoms with van der Waals surface area (Å²) in [6.07, 6.45) is 7.67. The largest absolute Gasteiger partial charge is 0.238 e. The molecule has 0 radical (unpaired) electrons. The zero-order chi connectivity index (χ0) is 11.1. The normalized spacial score (nSPS) is 30.6. The van der Waals surface area contributed by atoms with Crippen LogP contribution >= 0.6 is 0 Å².